The van der Waals surface area contributed by atoms with Gasteiger partial charge < -0.3 is 15.3 Å². The first-order valence-corrected chi connectivity index (χ1v) is 10.8. The molecule has 0 radical (unpaired) electrons. The zero-order chi connectivity index (χ0) is 18.2. The van der Waals surface area contributed by atoms with Crippen LogP contribution in [-0.4, -0.2) is 57.7 Å². The minimum absolute atomic E-state index is 0.0547. The number of hydrogen-bond donors (Lipinski definition) is 3. The number of piperidine rings is 1. The van der Waals surface area contributed by atoms with Crippen molar-refractivity contribution < 1.29 is 15.3 Å². The van der Waals surface area contributed by atoms with Crippen molar-refractivity contribution in [2.45, 2.75) is 70.3 Å². The van der Waals surface area contributed by atoms with Gasteiger partial charge in [0.25, 0.3) is 0 Å². The van der Waals surface area contributed by atoms with Gasteiger partial charge in [0, 0.05) is 29.3 Å². The highest BCUT2D eigenvalue weighted by molar-refractivity contribution is 5.39. The van der Waals surface area contributed by atoms with Gasteiger partial charge in [0.05, 0.1) is 18.3 Å². The molecule has 0 aromatic carbocycles. The molecule has 1 aliphatic heterocycles. The molecule has 4 nitrogen and oxygen atoms in total. The zero-order valence-corrected chi connectivity index (χ0v) is 16.1. The monoisotopic (exact) mass is 359 g/mol. The number of nitrogens with zero attached hydrogens (tertiary/aromatic N) is 1. The molecule has 3 N–H and O–H groups in total. The highest BCUT2D eigenvalue weighted by Gasteiger charge is 2.85. The van der Waals surface area contributed by atoms with E-state index in [1.165, 1.54) is 0 Å². The standard InChI is InChI=1S/C22H33NO3/c1-4-23-10-20(3)6-5-17(25)22-15(20)7-13(18(22)23)21-9-12(11(2)19(21)26)14(24)8-16(21)22/h12-19,24-26H,2,4-10H2,1,3H3/t12?,13?,14-,15+,16+,17?,18+,19+,20-,21-,22-/m0/s1. The summed E-state index contributed by atoms with van der Waals surface area (Å²) in [5.74, 6) is 1.26. The molecule has 6 fully saturated rings. The third kappa shape index (κ3) is 1.37. The number of rotatable bonds is 1. The van der Waals surface area contributed by atoms with E-state index < -0.39 is 12.2 Å². The Morgan fingerprint density at radius 2 is 1.96 bits per heavy atom. The molecule has 144 valence electrons. The van der Waals surface area contributed by atoms with Crippen LogP contribution in [0, 0.1) is 39.9 Å². The molecule has 0 amide bonds. The highest BCUT2D eigenvalue weighted by Crippen LogP contribution is 2.83. The Hall–Kier alpha value is -0.420. The normalized spacial score (nSPS) is 65.5. The van der Waals surface area contributed by atoms with Crippen LogP contribution in [0.15, 0.2) is 12.2 Å². The number of likely N-dealkylation sites (tertiary alicyclic amines) is 1. The fourth-order valence-electron chi connectivity index (χ4n) is 9.97. The third-order valence-electron chi connectivity index (χ3n) is 10.6. The quantitative estimate of drug-likeness (QED) is 0.625. The van der Waals surface area contributed by atoms with E-state index in [2.05, 4.69) is 25.3 Å². The molecule has 2 spiro atoms. The van der Waals surface area contributed by atoms with E-state index in [0.29, 0.717) is 17.9 Å². The number of aliphatic hydroxyl groups excluding tert-OH is 3. The summed E-state index contributed by atoms with van der Waals surface area (Å²) >= 11 is 0. The van der Waals surface area contributed by atoms with Gasteiger partial charge >= 0.3 is 0 Å². The van der Waals surface area contributed by atoms with Gasteiger partial charge in [0.1, 0.15) is 0 Å². The van der Waals surface area contributed by atoms with Gasteiger partial charge in [-0.1, -0.05) is 20.4 Å². The fourth-order valence-corrected chi connectivity index (χ4v) is 9.97. The van der Waals surface area contributed by atoms with Crippen molar-refractivity contribution in [1.82, 2.24) is 4.90 Å². The Labute approximate surface area is 156 Å². The number of hydrogen-bond acceptors (Lipinski definition) is 4. The van der Waals surface area contributed by atoms with Crippen LogP contribution in [0.4, 0.5) is 0 Å². The molecule has 0 aromatic heterocycles. The van der Waals surface area contributed by atoms with E-state index in [4.69, 9.17) is 0 Å². The lowest BCUT2D eigenvalue weighted by atomic mass is 9.43. The minimum atomic E-state index is -0.500. The molecule has 7 bridgehead atoms. The molecule has 0 aromatic rings. The predicted octanol–water partition coefficient (Wildman–Crippen LogP) is 1.79. The summed E-state index contributed by atoms with van der Waals surface area (Å²) in [5.41, 5.74) is 0.849. The molecule has 1 saturated heterocycles. The van der Waals surface area contributed by atoms with Crippen molar-refractivity contribution >= 4 is 0 Å². The molecular formula is C22H33NO3. The SMILES string of the molecule is C=C1C2C[C@@]3(C4C[C@@H]5[C@@]6(C)CCC(O)[C@]5([C@@H]3C[C@@H]2O)[C@@H]4N(CC)C6)[C@@H]1O. The molecule has 6 aliphatic rings. The number of aliphatic hydroxyl groups is 3. The topological polar surface area (TPSA) is 63.9 Å². The van der Waals surface area contributed by atoms with E-state index in [9.17, 15) is 15.3 Å². The predicted molar refractivity (Wildman–Crippen MR) is 98.2 cm³/mol. The molecule has 3 unspecified atom stereocenters. The van der Waals surface area contributed by atoms with Crippen LogP contribution in [0.2, 0.25) is 0 Å². The minimum Gasteiger partial charge on any atom is -0.392 e. The van der Waals surface area contributed by atoms with Crippen LogP contribution in [-0.2, 0) is 0 Å². The summed E-state index contributed by atoms with van der Waals surface area (Å²) in [5, 5.41) is 33.8. The van der Waals surface area contributed by atoms with Crippen LogP contribution < -0.4 is 0 Å². The van der Waals surface area contributed by atoms with Gasteiger partial charge in [-0.3, -0.25) is 4.90 Å². The van der Waals surface area contributed by atoms with Gasteiger partial charge in [-0.2, -0.15) is 0 Å². The van der Waals surface area contributed by atoms with E-state index in [-0.39, 0.29) is 34.2 Å². The zero-order valence-electron chi connectivity index (χ0n) is 16.1. The molecule has 1 heterocycles. The Kier molecular flexibility index (Phi) is 2.92. The van der Waals surface area contributed by atoms with Crippen molar-refractivity contribution in [2.24, 2.45) is 39.9 Å². The Bertz CT molecular complexity index is 695. The van der Waals surface area contributed by atoms with E-state index >= 15 is 0 Å². The smallest absolute Gasteiger partial charge is 0.0813 e. The molecule has 6 rings (SSSR count). The van der Waals surface area contributed by atoms with Gasteiger partial charge in [-0.05, 0) is 67.4 Å². The number of fused-ring (bicyclic) bond motifs is 1. The third-order valence-corrected chi connectivity index (χ3v) is 10.6. The average molecular weight is 360 g/mol. The fraction of sp³-hybridized carbons (Fsp3) is 0.909. The van der Waals surface area contributed by atoms with E-state index in [0.717, 1.165) is 50.8 Å². The van der Waals surface area contributed by atoms with Gasteiger partial charge in [-0.25, -0.2) is 0 Å². The van der Waals surface area contributed by atoms with E-state index in [1.54, 1.807) is 0 Å². The first-order valence-electron chi connectivity index (χ1n) is 10.8. The summed E-state index contributed by atoms with van der Waals surface area (Å²) in [6, 6.07) is 0.373. The second-order valence-electron chi connectivity index (χ2n) is 10.9. The first-order chi connectivity index (χ1) is 12.3. The van der Waals surface area contributed by atoms with Crippen molar-refractivity contribution in [3.63, 3.8) is 0 Å². The van der Waals surface area contributed by atoms with Crippen molar-refractivity contribution in [3.8, 4) is 0 Å². The van der Waals surface area contributed by atoms with Crippen LogP contribution in [0.5, 0.6) is 0 Å². The Morgan fingerprint density at radius 1 is 1.19 bits per heavy atom. The summed E-state index contributed by atoms with van der Waals surface area (Å²) in [6.45, 7) is 11.1. The van der Waals surface area contributed by atoms with Crippen molar-refractivity contribution in [2.75, 3.05) is 13.1 Å². The highest BCUT2D eigenvalue weighted by atomic mass is 16.3. The van der Waals surface area contributed by atoms with Crippen LogP contribution in [0.3, 0.4) is 0 Å². The molecule has 11 atom stereocenters. The Balaban J connectivity index is 1.61. The molecular weight excluding hydrogens is 326 g/mol. The maximum Gasteiger partial charge on any atom is 0.0813 e. The Morgan fingerprint density at radius 3 is 2.69 bits per heavy atom. The maximum absolute atomic E-state index is 11.5. The van der Waals surface area contributed by atoms with Crippen LogP contribution in [0.1, 0.15) is 46.0 Å². The van der Waals surface area contributed by atoms with Gasteiger partial charge in [0.15, 0.2) is 0 Å². The molecule has 5 aliphatic carbocycles. The van der Waals surface area contributed by atoms with Crippen molar-refractivity contribution in [3.05, 3.63) is 12.2 Å². The van der Waals surface area contributed by atoms with Crippen LogP contribution >= 0.6 is 0 Å². The summed E-state index contributed by atoms with van der Waals surface area (Å²) in [4.78, 5) is 2.65. The molecule has 5 saturated carbocycles. The average Bonchev–Trinajstić information content (AvgIpc) is 3.14. The molecule has 26 heavy (non-hydrogen) atoms. The lowest BCUT2D eigenvalue weighted by Crippen LogP contribution is -2.68. The summed E-state index contributed by atoms with van der Waals surface area (Å²) < 4.78 is 0. The van der Waals surface area contributed by atoms with Gasteiger partial charge in [-0.15, -0.1) is 0 Å². The summed E-state index contributed by atoms with van der Waals surface area (Å²) in [7, 11) is 0. The summed E-state index contributed by atoms with van der Waals surface area (Å²) in [6.07, 6.45) is 3.58. The van der Waals surface area contributed by atoms with Gasteiger partial charge in [0.2, 0.25) is 0 Å². The van der Waals surface area contributed by atoms with Crippen molar-refractivity contribution in [1.29, 1.82) is 0 Å². The second-order valence-corrected chi connectivity index (χ2v) is 10.9. The largest absolute Gasteiger partial charge is 0.392 e. The molecule has 4 heteroatoms. The lowest BCUT2D eigenvalue weighted by molar-refractivity contribution is -0.218. The first kappa shape index (κ1) is 16.5. The maximum atomic E-state index is 11.5. The second kappa shape index (κ2) is 4.59. The lowest BCUT2D eigenvalue weighted by Gasteiger charge is -2.65. The van der Waals surface area contributed by atoms with E-state index in [1.807, 2.05) is 0 Å². The van der Waals surface area contributed by atoms with Crippen LogP contribution in [0.25, 0.3) is 0 Å².